The molecule has 0 aromatic carbocycles. The summed E-state index contributed by atoms with van der Waals surface area (Å²) in [6.07, 6.45) is 2.11. The van der Waals surface area contributed by atoms with Gasteiger partial charge in [0.15, 0.2) is 5.96 Å². The smallest absolute Gasteiger partial charge is 0.305 e. The number of carbonyl (C=O) groups excluding carboxylic acids is 1. The zero-order valence-electron chi connectivity index (χ0n) is 9.58. The third-order valence-electron chi connectivity index (χ3n) is 1.67. The molecule has 0 heterocycles. The molecule has 88 valence electrons. The molecule has 5 heteroatoms. The van der Waals surface area contributed by atoms with Crippen LogP contribution >= 0.6 is 0 Å². The molecule has 0 aromatic heterocycles. The fourth-order valence-electron chi connectivity index (χ4n) is 0.970. The average molecular weight is 215 g/mol. The number of esters is 1. The lowest BCUT2D eigenvalue weighted by Crippen LogP contribution is -2.32. The van der Waals surface area contributed by atoms with Crippen molar-refractivity contribution in [2.24, 2.45) is 10.7 Å². The summed E-state index contributed by atoms with van der Waals surface area (Å²) < 4.78 is 4.79. The van der Waals surface area contributed by atoms with Crippen molar-refractivity contribution in [1.82, 2.24) is 5.32 Å². The molecule has 0 rings (SSSR count). The monoisotopic (exact) mass is 215 g/mol. The molecule has 5 nitrogen and oxygen atoms in total. The molecule has 0 amide bonds. The maximum atomic E-state index is 10.9. The Morgan fingerprint density at radius 1 is 1.47 bits per heavy atom. The van der Waals surface area contributed by atoms with Gasteiger partial charge in [0.2, 0.25) is 0 Å². The van der Waals surface area contributed by atoms with Crippen LogP contribution in [0.4, 0.5) is 0 Å². The summed E-state index contributed by atoms with van der Waals surface area (Å²) in [5.41, 5.74) is 5.56. The Balaban J connectivity index is 3.41. The summed E-state index contributed by atoms with van der Waals surface area (Å²) >= 11 is 0. The van der Waals surface area contributed by atoms with Crippen LogP contribution in [0.2, 0.25) is 0 Å². The largest absolute Gasteiger partial charge is 0.466 e. The quantitative estimate of drug-likeness (QED) is 0.283. The molecule has 0 atom stereocenters. The van der Waals surface area contributed by atoms with E-state index in [0.29, 0.717) is 32.0 Å². The van der Waals surface area contributed by atoms with Gasteiger partial charge in [-0.3, -0.25) is 9.79 Å². The summed E-state index contributed by atoms with van der Waals surface area (Å²) in [5.74, 6) is 0.282. The minimum absolute atomic E-state index is 0.164. The van der Waals surface area contributed by atoms with Crippen molar-refractivity contribution in [1.29, 1.82) is 0 Å². The number of aliphatic imine (C=N–C) groups is 1. The van der Waals surface area contributed by atoms with E-state index in [1.54, 1.807) is 6.92 Å². The van der Waals surface area contributed by atoms with Crippen LogP contribution in [0.5, 0.6) is 0 Å². The first-order chi connectivity index (χ1) is 7.20. The minimum Gasteiger partial charge on any atom is -0.466 e. The lowest BCUT2D eigenvalue weighted by Gasteiger charge is -2.05. The molecule has 3 N–H and O–H groups in total. The highest BCUT2D eigenvalue weighted by atomic mass is 16.5. The number of nitrogens with one attached hydrogen (secondary N) is 1. The molecule has 0 unspecified atom stereocenters. The SMILES string of the molecule is CCCN=C(N)NCCCC(=O)OCC. The Labute approximate surface area is 91.1 Å². The van der Waals surface area contributed by atoms with E-state index in [1.165, 1.54) is 0 Å². The van der Waals surface area contributed by atoms with Gasteiger partial charge in [-0.2, -0.15) is 0 Å². The summed E-state index contributed by atoms with van der Waals surface area (Å²) in [4.78, 5) is 15.0. The molecule has 0 spiro atoms. The summed E-state index contributed by atoms with van der Waals surface area (Å²) in [6, 6.07) is 0. The molecule has 0 aliphatic carbocycles. The van der Waals surface area contributed by atoms with Crippen LogP contribution in [0.15, 0.2) is 4.99 Å². The summed E-state index contributed by atoms with van der Waals surface area (Å²) in [7, 11) is 0. The number of guanidine groups is 1. The molecule has 0 radical (unpaired) electrons. The number of nitrogens with two attached hydrogens (primary N) is 1. The van der Waals surface area contributed by atoms with Gasteiger partial charge < -0.3 is 15.8 Å². The molecule has 0 aliphatic rings. The van der Waals surface area contributed by atoms with Gasteiger partial charge in [-0.15, -0.1) is 0 Å². The predicted molar refractivity (Wildman–Crippen MR) is 60.7 cm³/mol. The zero-order valence-corrected chi connectivity index (χ0v) is 9.58. The minimum atomic E-state index is -0.164. The molecular formula is C10H21N3O2. The number of carbonyl (C=O) groups is 1. The lowest BCUT2D eigenvalue weighted by atomic mass is 10.3. The fourth-order valence-corrected chi connectivity index (χ4v) is 0.970. The van der Waals surface area contributed by atoms with E-state index in [4.69, 9.17) is 10.5 Å². The second kappa shape index (κ2) is 9.30. The van der Waals surface area contributed by atoms with E-state index >= 15 is 0 Å². The first-order valence-corrected chi connectivity index (χ1v) is 5.40. The van der Waals surface area contributed by atoms with Crippen LogP contribution in [0.1, 0.15) is 33.1 Å². The van der Waals surface area contributed by atoms with Crippen LogP contribution in [0.25, 0.3) is 0 Å². The topological polar surface area (TPSA) is 76.7 Å². The van der Waals surface area contributed by atoms with E-state index < -0.39 is 0 Å². The van der Waals surface area contributed by atoms with Crippen molar-refractivity contribution in [3.8, 4) is 0 Å². The van der Waals surface area contributed by atoms with E-state index in [2.05, 4.69) is 10.3 Å². The van der Waals surface area contributed by atoms with Crippen LogP contribution in [-0.2, 0) is 9.53 Å². The van der Waals surface area contributed by atoms with E-state index in [9.17, 15) is 4.79 Å². The third-order valence-corrected chi connectivity index (χ3v) is 1.67. The fraction of sp³-hybridized carbons (Fsp3) is 0.800. The van der Waals surface area contributed by atoms with E-state index in [0.717, 1.165) is 13.0 Å². The maximum Gasteiger partial charge on any atom is 0.305 e. The molecule has 0 saturated heterocycles. The molecule has 0 fully saturated rings. The van der Waals surface area contributed by atoms with Gasteiger partial charge in [0.1, 0.15) is 0 Å². The van der Waals surface area contributed by atoms with Gasteiger partial charge in [-0.05, 0) is 19.8 Å². The second-order valence-electron chi connectivity index (χ2n) is 3.10. The molecule has 0 aliphatic heterocycles. The Hall–Kier alpha value is -1.26. The zero-order chi connectivity index (χ0) is 11.5. The highest BCUT2D eigenvalue weighted by Crippen LogP contribution is 1.90. The first kappa shape index (κ1) is 13.7. The van der Waals surface area contributed by atoms with Gasteiger partial charge in [0.25, 0.3) is 0 Å². The lowest BCUT2D eigenvalue weighted by molar-refractivity contribution is -0.143. The highest BCUT2D eigenvalue weighted by molar-refractivity contribution is 5.77. The van der Waals surface area contributed by atoms with Crippen molar-refractivity contribution in [2.75, 3.05) is 19.7 Å². The number of hydrogen-bond donors (Lipinski definition) is 2. The molecule has 15 heavy (non-hydrogen) atoms. The number of hydrogen-bond acceptors (Lipinski definition) is 3. The normalized spacial score (nSPS) is 11.2. The molecular weight excluding hydrogens is 194 g/mol. The van der Waals surface area contributed by atoms with Crippen molar-refractivity contribution in [3.05, 3.63) is 0 Å². The van der Waals surface area contributed by atoms with Gasteiger partial charge in [0.05, 0.1) is 6.61 Å². The van der Waals surface area contributed by atoms with Gasteiger partial charge in [-0.1, -0.05) is 6.92 Å². The van der Waals surface area contributed by atoms with Gasteiger partial charge in [-0.25, -0.2) is 0 Å². The summed E-state index contributed by atoms with van der Waals surface area (Å²) in [6.45, 7) is 5.66. The highest BCUT2D eigenvalue weighted by Gasteiger charge is 2.00. The standard InChI is InChI=1S/C10H21N3O2/c1-3-7-12-10(11)13-8-5-6-9(14)15-4-2/h3-8H2,1-2H3,(H3,11,12,13). The van der Waals surface area contributed by atoms with Crippen molar-refractivity contribution in [2.45, 2.75) is 33.1 Å². The Morgan fingerprint density at radius 3 is 2.80 bits per heavy atom. The van der Waals surface area contributed by atoms with Gasteiger partial charge in [0, 0.05) is 19.5 Å². The summed E-state index contributed by atoms with van der Waals surface area (Å²) in [5, 5.41) is 2.93. The Morgan fingerprint density at radius 2 is 2.20 bits per heavy atom. The first-order valence-electron chi connectivity index (χ1n) is 5.40. The maximum absolute atomic E-state index is 10.9. The molecule has 0 bridgehead atoms. The van der Waals surface area contributed by atoms with Crippen molar-refractivity contribution < 1.29 is 9.53 Å². The van der Waals surface area contributed by atoms with Gasteiger partial charge >= 0.3 is 5.97 Å². The number of rotatable bonds is 7. The van der Waals surface area contributed by atoms with E-state index in [1.807, 2.05) is 6.92 Å². The number of nitrogens with zero attached hydrogens (tertiary/aromatic N) is 1. The average Bonchev–Trinajstić information content (AvgIpc) is 2.22. The van der Waals surface area contributed by atoms with E-state index in [-0.39, 0.29) is 5.97 Å². The molecule has 0 aromatic rings. The Kier molecular flexibility index (Phi) is 8.52. The van der Waals surface area contributed by atoms with Crippen molar-refractivity contribution in [3.63, 3.8) is 0 Å². The third kappa shape index (κ3) is 9.05. The van der Waals surface area contributed by atoms with Crippen LogP contribution < -0.4 is 11.1 Å². The second-order valence-corrected chi connectivity index (χ2v) is 3.10. The van der Waals surface area contributed by atoms with Crippen LogP contribution in [0, 0.1) is 0 Å². The molecule has 0 saturated carbocycles. The van der Waals surface area contributed by atoms with Crippen molar-refractivity contribution >= 4 is 11.9 Å². The Bertz CT molecular complexity index is 205. The number of ether oxygens (including phenoxy) is 1. The van der Waals surface area contributed by atoms with Crippen LogP contribution in [0.3, 0.4) is 0 Å². The predicted octanol–water partition coefficient (Wildman–Crippen LogP) is 0.644. The van der Waals surface area contributed by atoms with Crippen LogP contribution in [-0.4, -0.2) is 31.6 Å².